The van der Waals surface area contributed by atoms with Gasteiger partial charge in [-0.05, 0) is 11.1 Å². The summed E-state index contributed by atoms with van der Waals surface area (Å²) in [6.45, 7) is 3.09. The maximum absolute atomic E-state index is 13.6. The standard InChI is InChI=1S/C23H27N3O4/c27-20(16-25-11-13-30-14-12-25)17-26-21(28)23(24-22(26)29,19-9-5-2-6-10-19)15-18-7-3-1-4-8-18/h1-10,20,27H,11-17H2,(H,24,29)/t20-,23-/m0/s1. The predicted molar refractivity (Wildman–Crippen MR) is 112 cm³/mol. The van der Waals surface area contributed by atoms with E-state index in [1.165, 1.54) is 0 Å². The summed E-state index contributed by atoms with van der Waals surface area (Å²) in [5, 5.41) is 13.5. The number of imide groups is 1. The van der Waals surface area contributed by atoms with Crippen LogP contribution in [0.4, 0.5) is 4.79 Å². The largest absolute Gasteiger partial charge is 0.390 e. The van der Waals surface area contributed by atoms with Crippen molar-refractivity contribution in [3.8, 4) is 0 Å². The Bertz CT molecular complexity index is 871. The van der Waals surface area contributed by atoms with Gasteiger partial charge in [-0.25, -0.2) is 4.79 Å². The van der Waals surface area contributed by atoms with E-state index in [4.69, 9.17) is 4.74 Å². The van der Waals surface area contributed by atoms with Gasteiger partial charge in [-0.3, -0.25) is 14.6 Å². The molecule has 0 spiro atoms. The molecule has 0 unspecified atom stereocenters. The molecule has 0 bridgehead atoms. The van der Waals surface area contributed by atoms with Gasteiger partial charge in [-0.15, -0.1) is 0 Å². The third-order valence-electron chi connectivity index (χ3n) is 5.72. The van der Waals surface area contributed by atoms with Crippen molar-refractivity contribution in [2.24, 2.45) is 0 Å². The van der Waals surface area contributed by atoms with Crippen molar-refractivity contribution in [1.29, 1.82) is 0 Å². The normalized spacial score (nSPS) is 23.4. The van der Waals surface area contributed by atoms with Gasteiger partial charge >= 0.3 is 6.03 Å². The fourth-order valence-electron chi connectivity index (χ4n) is 4.18. The van der Waals surface area contributed by atoms with Gasteiger partial charge in [0, 0.05) is 26.1 Å². The molecule has 30 heavy (non-hydrogen) atoms. The molecule has 2 atom stereocenters. The van der Waals surface area contributed by atoms with Crippen LogP contribution in [0.25, 0.3) is 0 Å². The zero-order valence-corrected chi connectivity index (χ0v) is 16.9. The summed E-state index contributed by atoms with van der Waals surface area (Å²) in [6, 6.07) is 18.5. The molecule has 158 valence electrons. The second-order valence-corrected chi connectivity index (χ2v) is 7.85. The summed E-state index contributed by atoms with van der Waals surface area (Å²) in [5.41, 5.74) is 0.501. The van der Waals surface area contributed by atoms with Crippen LogP contribution >= 0.6 is 0 Å². The van der Waals surface area contributed by atoms with E-state index in [1.54, 1.807) is 0 Å². The second kappa shape index (κ2) is 8.95. The average Bonchev–Trinajstić information content (AvgIpc) is 3.01. The summed E-state index contributed by atoms with van der Waals surface area (Å²) in [7, 11) is 0. The van der Waals surface area contributed by atoms with Crippen LogP contribution in [0.3, 0.4) is 0 Å². The van der Waals surface area contributed by atoms with Gasteiger partial charge in [0.2, 0.25) is 0 Å². The molecule has 2 fully saturated rings. The highest BCUT2D eigenvalue weighted by Crippen LogP contribution is 2.33. The molecule has 2 saturated heterocycles. The van der Waals surface area contributed by atoms with Gasteiger partial charge in [0.1, 0.15) is 0 Å². The van der Waals surface area contributed by atoms with Crippen LogP contribution in [-0.2, 0) is 21.5 Å². The van der Waals surface area contributed by atoms with Crippen molar-refractivity contribution in [3.05, 3.63) is 71.8 Å². The number of benzene rings is 2. The summed E-state index contributed by atoms with van der Waals surface area (Å²) >= 11 is 0. The van der Waals surface area contributed by atoms with E-state index in [9.17, 15) is 14.7 Å². The number of morpholine rings is 1. The number of β-amino-alcohol motifs (C(OH)–C–C–N with tert-alkyl or cyclic N) is 1. The molecule has 7 nitrogen and oxygen atoms in total. The third kappa shape index (κ3) is 4.23. The molecule has 0 saturated carbocycles. The third-order valence-corrected chi connectivity index (χ3v) is 5.72. The lowest BCUT2D eigenvalue weighted by Crippen LogP contribution is -2.48. The Morgan fingerprint density at radius 2 is 1.60 bits per heavy atom. The predicted octanol–water partition coefficient (Wildman–Crippen LogP) is 1.37. The number of aliphatic hydroxyl groups is 1. The monoisotopic (exact) mass is 409 g/mol. The van der Waals surface area contributed by atoms with Crippen LogP contribution in [0.5, 0.6) is 0 Å². The highest BCUT2D eigenvalue weighted by atomic mass is 16.5. The van der Waals surface area contributed by atoms with E-state index >= 15 is 0 Å². The SMILES string of the molecule is O=C1N[C@@](Cc2ccccc2)(c2ccccc2)C(=O)N1C[C@@H](O)CN1CCOCC1. The number of nitrogens with one attached hydrogen (secondary N) is 1. The number of ether oxygens (including phenoxy) is 1. The topological polar surface area (TPSA) is 82.1 Å². The van der Waals surface area contributed by atoms with E-state index in [1.807, 2.05) is 60.7 Å². The van der Waals surface area contributed by atoms with Crippen molar-refractivity contribution in [1.82, 2.24) is 15.1 Å². The lowest BCUT2D eigenvalue weighted by atomic mass is 9.83. The Morgan fingerprint density at radius 3 is 2.27 bits per heavy atom. The minimum absolute atomic E-state index is 0.0363. The van der Waals surface area contributed by atoms with Gasteiger partial charge < -0.3 is 15.2 Å². The molecule has 2 N–H and O–H groups in total. The first-order valence-corrected chi connectivity index (χ1v) is 10.3. The number of rotatable bonds is 7. The minimum atomic E-state index is -1.18. The highest BCUT2D eigenvalue weighted by molar-refractivity contribution is 6.07. The molecule has 2 aromatic rings. The molecule has 2 heterocycles. The van der Waals surface area contributed by atoms with Gasteiger partial charge in [0.15, 0.2) is 5.54 Å². The first-order valence-electron chi connectivity index (χ1n) is 10.3. The molecule has 0 aliphatic carbocycles. The van der Waals surface area contributed by atoms with Crippen molar-refractivity contribution in [3.63, 3.8) is 0 Å². The first-order chi connectivity index (χ1) is 14.6. The molecular weight excluding hydrogens is 382 g/mol. The van der Waals surface area contributed by atoms with Gasteiger partial charge in [0.25, 0.3) is 5.91 Å². The van der Waals surface area contributed by atoms with Crippen LogP contribution in [0.2, 0.25) is 0 Å². The molecule has 0 radical (unpaired) electrons. The number of nitrogens with zero attached hydrogens (tertiary/aromatic N) is 2. The Morgan fingerprint density at radius 1 is 0.967 bits per heavy atom. The number of carbonyl (C=O) groups excluding carboxylic acids is 2. The molecule has 4 rings (SSSR count). The van der Waals surface area contributed by atoms with Crippen LogP contribution < -0.4 is 5.32 Å². The van der Waals surface area contributed by atoms with Gasteiger partial charge in [0.05, 0.1) is 25.9 Å². The lowest BCUT2D eigenvalue weighted by Gasteiger charge is -2.30. The number of hydrogen-bond acceptors (Lipinski definition) is 5. The number of hydrogen-bond donors (Lipinski definition) is 2. The second-order valence-electron chi connectivity index (χ2n) is 7.85. The molecule has 2 aliphatic heterocycles. The van der Waals surface area contributed by atoms with Crippen LogP contribution in [0.15, 0.2) is 60.7 Å². The molecule has 0 aromatic heterocycles. The van der Waals surface area contributed by atoms with Crippen molar-refractivity contribution in [2.75, 3.05) is 39.4 Å². The molecular formula is C23H27N3O4. The molecule has 2 aromatic carbocycles. The van der Waals surface area contributed by atoms with Crippen LogP contribution in [0, 0.1) is 0 Å². The smallest absolute Gasteiger partial charge is 0.325 e. The quantitative estimate of drug-likeness (QED) is 0.675. The molecule has 7 heteroatoms. The number of urea groups is 1. The molecule has 3 amide bonds. The maximum Gasteiger partial charge on any atom is 0.325 e. The average molecular weight is 409 g/mol. The number of amides is 3. The number of aliphatic hydroxyl groups excluding tert-OH is 1. The van der Waals surface area contributed by atoms with E-state index < -0.39 is 17.7 Å². The summed E-state index contributed by atoms with van der Waals surface area (Å²) in [5.74, 6) is -0.330. The zero-order chi connectivity index (χ0) is 21.0. The maximum atomic E-state index is 13.6. The summed E-state index contributed by atoms with van der Waals surface area (Å²) in [4.78, 5) is 29.6. The van der Waals surface area contributed by atoms with Gasteiger partial charge in [-0.2, -0.15) is 0 Å². The minimum Gasteiger partial charge on any atom is -0.390 e. The fraction of sp³-hybridized carbons (Fsp3) is 0.391. The lowest BCUT2D eigenvalue weighted by molar-refractivity contribution is -0.132. The van der Waals surface area contributed by atoms with Crippen molar-refractivity contribution >= 4 is 11.9 Å². The van der Waals surface area contributed by atoms with Crippen molar-refractivity contribution < 1.29 is 19.4 Å². The Kier molecular flexibility index (Phi) is 6.13. The molecule has 2 aliphatic rings. The van der Waals surface area contributed by atoms with E-state index in [0.29, 0.717) is 26.2 Å². The first kappa shape index (κ1) is 20.5. The summed E-state index contributed by atoms with van der Waals surface area (Å²) in [6.07, 6.45) is -0.473. The Balaban J connectivity index is 1.56. The van der Waals surface area contributed by atoms with Crippen LogP contribution in [0.1, 0.15) is 11.1 Å². The zero-order valence-electron chi connectivity index (χ0n) is 16.9. The Labute approximate surface area is 176 Å². The highest BCUT2D eigenvalue weighted by Gasteiger charge is 2.52. The van der Waals surface area contributed by atoms with E-state index in [-0.39, 0.29) is 12.5 Å². The van der Waals surface area contributed by atoms with Crippen molar-refractivity contribution in [2.45, 2.75) is 18.1 Å². The Hall–Kier alpha value is -2.74. The van der Waals surface area contributed by atoms with E-state index in [0.717, 1.165) is 29.1 Å². The van der Waals surface area contributed by atoms with Crippen LogP contribution in [-0.4, -0.2) is 72.3 Å². The summed E-state index contributed by atoms with van der Waals surface area (Å²) < 4.78 is 5.33. The van der Waals surface area contributed by atoms with Gasteiger partial charge in [-0.1, -0.05) is 60.7 Å². The van der Waals surface area contributed by atoms with E-state index in [2.05, 4.69) is 10.2 Å². The fourth-order valence-corrected chi connectivity index (χ4v) is 4.18. The number of carbonyl (C=O) groups is 2.